The zero-order valence-corrected chi connectivity index (χ0v) is 20.3. The number of hydrogen-bond acceptors (Lipinski definition) is 5. The molecule has 0 radical (unpaired) electrons. The second-order valence-electron chi connectivity index (χ2n) is 11.3. The summed E-state index contributed by atoms with van der Waals surface area (Å²) >= 11 is 0. The molecule has 4 aliphatic carbocycles. The van der Waals surface area contributed by atoms with E-state index in [4.69, 9.17) is 0 Å². The van der Waals surface area contributed by atoms with E-state index in [9.17, 15) is 13.5 Å². The zero-order valence-electron chi connectivity index (χ0n) is 19.5. The number of anilines is 2. The Labute approximate surface area is 193 Å². The van der Waals surface area contributed by atoms with Crippen LogP contribution in [0.4, 0.5) is 11.4 Å². The topological polar surface area (TPSA) is 81.7 Å². The first-order valence-corrected chi connectivity index (χ1v) is 14.2. The second-order valence-corrected chi connectivity index (χ2v) is 13.3. The van der Waals surface area contributed by atoms with Crippen molar-refractivity contribution < 1.29 is 13.5 Å². The Morgan fingerprint density at radius 3 is 2.47 bits per heavy atom. The first-order valence-electron chi connectivity index (χ1n) is 12.5. The Kier molecular flexibility index (Phi) is 5.74. The van der Waals surface area contributed by atoms with E-state index in [1.54, 1.807) is 6.92 Å². The van der Waals surface area contributed by atoms with E-state index in [2.05, 4.69) is 27.9 Å². The molecule has 4 bridgehead atoms. The molecule has 1 aromatic carbocycles. The predicted octanol–water partition coefficient (Wildman–Crippen LogP) is 3.73. The fourth-order valence-electron chi connectivity index (χ4n) is 7.64. The van der Waals surface area contributed by atoms with Crippen molar-refractivity contribution in [2.45, 2.75) is 82.9 Å². The summed E-state index contributed by atoms with van der Waals surface area (Å²) in [6.07, 6.45) is 9.14. The number of nitrogens with zero attached hydrogens (tertiary/aromatic N) is 1. The van der Waals surface area contributed by atoms with Gasteiger partial charge in [-0.3, -0.25) is 4.72 Å². The molecule has 3 unspecified atom stereocenters. The normalized spacial score (nSPS) is 35.8. The minimum Gasteiger partial charge on any atom is -0.390 e. The monoisotopic (exact) mass is 461 g/mol. The number of piperidine rings is 1. The van der Waals surface area contributed by atoms with Crippen LogP contribution in [0.15, 0.2) is 24.3 Å². The maximum absolute atomic E-state index is 11.9. The number of hydrogen-bond donors (Lipinski definition) is 3. The van der Waals surface area contributed by atoms with Crippen molar-refractivity contribution in [1.82, 2.24) is 5.32 Å². The quantitative estimate of drug-likeness (QED) is 0.576. The van der Waals surface area contributed by atoms with Crippen molar-refractivity contribution in [1.29, 1.82) is 0 Å². The van der Waals surface area contributed by atoms with E-state index >= 15 is 0 Å². The average molecular weight is 462 g/mol. The second kappa shape index (κ2) is 8.17. The fourth-order valence-corrected chi connectivity index (χ4v) is 8.27. The van der Waals surface area contributed by atoms with Crippen molar-refractivity contribution in [3.8, 4) is 0 Å². The SMILES string of the molecule is CCS(=O)(=O)Nc1cccc(N2CCC(NC(C)C34CC5CC(CC(O)(C5)C3)C4)CC2)c1. The average Bonchev–Trinajstić information content (AvgIpc) is 2.72. The lowest BCUT2D eigenvalue weighted by Gasteiger charge is -2.62. The molecule has 1 heterocycles. The van der Waals surface area contributed by atoms with Crippen LogP contribution in [-0.4, -0.2) is 50.1 Å². The summed E-state index contributed by atoms with van der Waals surface area (Å²) in [4.78, 5) is 2.36. The van der Waals surface area contributed by atoms with Gasteiger partial charge in [0, 0.05) is 30.9 Å². The van der Waals surface area contributed by atoms with Gasteiger partial charge in [0.05, 0.1) is 17.0 Å². The molecule has 0 amide bonds. The predicted molar refractivity (Wildman–Crippen MR) is 129 cm³/mol. The Bertz CT molecular complexity index is 928. The van der Waals surface area contributed by atoms with Crippen LogP contribution in [0.1, 0.15) is 65.2 Å². The van der Waals surface area contributed by atoms with Gasteiger partial charge < -0.3 is 15.3 Å². The molecule has 3 atom stereocenters. The molecule has 178 valence electrons. The molecule has 0 aromatic heterocycles. The summed E-state index contributed by atoms with van der Waals surface area (Å²) in [7, 11) is -3.26. The molecule has 6 rings (SSSR count). The maximum atomic E-state index is 11.9. The number of aliphatic hydroxyl groups is 1. The van der Waals surface area contributed by atoms with Gasteiger partial charge in [0.1, 0.15) is 0 Å². The molecule has 0 spiro atoms. The largest absolute Gasteiger partial charge is 0.390 e. The van der Waals surface area contributed by atoms with Gasteiger partial charge in [-0.2, -0.15) is 0 Å². The Hall–Kier alpha value is -1.31. The van der Waals surface area contributed by atoms with Crippen LogP contribution in [0.3, 0.4) is 0 Å². The van der Waals surface area contributed by atoms with E-state index in [0.717, 1.165) is 62.7 Å². The summed E-state index contributed by atoms with van der Waals surface area (Å²) in [5.74, 6) is 1.53. The number of sulfonamides is 1. The third-order valence-electron chi connectivity index (χ3n) is 8.84. The molecule has 7 heteroatoms. The third-order valence-corrected chi connectivity index (χ3v) is 10.1. The summed E-state index contributed by atoms with van der Waals surface area (Å²) in [6.45, 7) is 5.95. The first-order chi connectivity index (χ1) is 15.2. The Morgan fingerprint density at radius 1 is 1.16 bits per heavy atom. The van der Waals surface area contributed by atoms with Crippen molar-refractivity contribution in [2.75, 3.05) is 28.5 Å². The van der Waals surface area contributed by atoms with Crippen LogP contribution in [0, 0.1) is 17.3 Å². The van der Waals surface area contributed by atoms with E-state index in [-0.39, 0.29) is 11.2 Å². The van der Waals surface area contributed by atoms with E-state index in [0.29, 0.717) is 17.8 Å². The highest BCUT2D eigenvalue weighted by molar-refractivity contribution is 7.92. The molecule has 4 saturated carbocycles. The van der Waals surface area contributed by atoms with Crippen LogP contribution in [0.25, 0.3) is 0 Å². The highest BCUT2D eigenvalue weighted by Gasteiger charge is 2.58. The molecular formula is C25H39N3O3S. The lowest BCUT2D eigenvalue weighted by Crippen LogP contribution is -2.62. The Balaban J connectivity index is 1.18. The summed E-state index contributed by atoms with van der Waals surface area (Å²) in [6, 6.07) is 8.70. The van der Waals surface area contributed by atoms with Crippen molar-refractivity contribution >= 4 is 21.4 Å². The molecule has 5 fully saturated rings. The molecule has 5 aliphatic rings. The first kappa shape index (κ1) is 22.5. The summed E-state index contributed by atoms with van der Waals surface area (Å²) < 4.78 is 26.5. The highest BCUT2D eigenvalue weighted by atomic mass is 32.2. The third kappa shape index (κ3) is 4.40. The molecule has 6 nitrogen and oxygen atoms in total. The highest BCUT2D eigenvalue weighted by Crippen LogP contribution is 2.62. The van der Waals surface area contributed by atoms with Crippen LogP contribution in [-0.2, 0) is 10.0 Å². The van der Waals surface area contributed by atoms with Gasteiger partial charge in [0.15, 0.2) is 0 Å². The minimum absolute atomic E-state index is 0.0763. The molecule has 32 heavy (non-hydrogen) atoms. The van der Waals surface area contributed by atoms with E-state index < -0.39 is 15.6 Å². The molecule has 1 saturated heterocycles. The van der Waals surface area contributed by atoms with Gasteiger partial charge >= 0.3 is 0 Å². The Morgan fingerprint density at radius 2 is 1.84 bits per heavy atom. The molecule has 1 aromatic rings. The minimum atomic E-state index is -3.26. The van der Waals surface area contributed by atoms with Crippen molar-refractivity contribution in [2.24, 2.45) is 17.3 Å². The van der Waals surface area contributed by atoms with Crippen LogP contribution < -0.4 is 14.9 Å². The zero-order chi connectivity index (χ0) is 22.6. The summed E-state index contributed by atoms with van der Waals surface area (Å²) in [5, 5.41) is 15.1. The number of nitrogens with one attached hydrogen (secondary N) is 2. The lowest BCUT2D eigenvalue weighted by atomic mass is 9.46. The smallest absolute Gasteiger partial charge is 0.232 e. The van der Waals surface area contributed by atoms with Crippen LogP contribution >= 0.6 is 0 Å². The van der Waals surface area contributed by atoms with E-state index in [1.807, 2.05) is 18.2 Å². The van der Waals surface area contributed by atoms with Gasteiger partial charge in [0.25, 0.3) is 0 Å². The standard InChI is InChI=1S/C25H39N3O3S/c1-3-32(30,31)27-22-5-4-6-23(12-22)28-9-7-21(8-10-28)26-18(2)24-13-19-11-20(14-24)16-25(29,15-19)17-24/h4-6,12,18-21,26-27,29H,3,7-11,13-17H2,1-2H3. The van der Waals surface area contributed by atoms with Gasteiger partial charge in [-0.15, -0.1) is 0 Å². The summed E-state index contributed by atoms with van der Waals surface area (Å²) in [5.41, 5.74) is 1.60. The van der Waals surface area contributed by atoms with Crippen LogP contribution in [0.2, 0.25) is 0 Å². The van der Waals surface area contributed by atoms with Gasteiger partial charge in [-0.25, -0.2) is 8.42 Å². The van der Waals surface area contributed by atoms with Gasteiger partial charge in [-0.1, -0.05) is 6.07 Å². The number of benzene rings is 1. The number of rotatable bonds is 7. The molecular weight excluding hydrogens is 422 g/mol. The lowest BCUT2D eigenvalue weighted by molar-refractivity contribution is -0.172. The molecule has 1 aliphatic heterocycles. The van der Waals surface area contributed by atoms with Crippen molar-refractivity contribution in [3.05, 3.63) is 24.3 Å². The van der Waals surface area contributed by atoms with Crippen molar-refractivity contribution in [3.63, 3.8) is 0 Å². The fraction of sp³-hybridized carbons (Fsp3) is 0.760. The maximum Gasteiger partial charge on any atom is 0.232 e. The van der Waals surface area contributed by atoms with Gasteiger partial charge in [0.2, 0.25) is 10.0 Å². The van der Waals surface area contributed by atoms with Gasteiger partial charge in [-0.05, 0) is 101 Å². The van der Waals surface area contributed by atoms with Crippen LogP contribution in [0.5, 0.6) is 0 Å². The molecule has 3 N–H and O–H groups in total. The van der Waals surface area contributed by atoms with E-state index in [1.165, 1.54) is 19.3 Å².